The van der Waals surface area contributed by atoms with Crippen LogP contribution in [0.1, 0.15) is 111 Å². The van der Waals surface area contributed by atoms with Gasteiger partial charge in [0.05, 0.1) is 109 Å². The van der Waals surface area contributed by atoms with Gasteiger partial charge in [0.1, 0.15) is 0 Å². The van der Waals surface area contributed by atoms with Gasteiger partial charge in [-0.25, -0.2) is 0 Å². The fourth-order valence-corrected chi connectivity index (χ4v) is 19.5. The molecule has 2 aromatic rings. The summed E-state index contributed by atoms with van der Waals surface area (Å²) in [5, 5.41) is 2.04. The molecule has 0 aliphatic carbocycles. The van der Waals surface area contributed by atoms with Crippen LogP contribution in [0.15, 0.2) is 31.7 Å². The van der Waals surface area contributed by atoms with E-state index in [2.05, 4.69) is 111 Å². The van der Waals surface area contributed by atoms with Crippen LogP contribution >= 0.6 is 98.7 Å². The van der Waals surface area contributed by atoms with Crippen molar-refractivity contribution in [1.82, 2.24) is 0 Å². The Morgan fingerprint density at radius 3 is 0.525 bits per heavy atom. The summed E-state index contributed by atoms with van der Waals surface area (Å²) in [6.07, 6.45) is 23.3. The first-order chi connectivity index (χ1) is 27.0. The molecule has 0 saturated heterocycles. The van der Waals surface area contributed by atoms with Crippen LogP contribution in [0.4, 0.5) is 0 Å². The minimum absolute atomic E-state index is 0. The summed E-state index contributed by atoms with van der Waals surface area (Å²) < 4.78 is 0. The molecule has 0 aliphatic heterocycles. The SMILES string of the molecule is CC[P+](CC)(CC)CC.CC[P+](CC)(CC)CC.CC[P+](CC)(CC)CC.CC[P+](CC)(CC)CC.[Ni].[S-]c1c(Cl)cc(Cl)c(Cl)c1[S-].[S-]c1c(Cl)cc(Cl)c(Cl)c1[S-]. The summed E-state index contributed by atoms with van der Waals surface area (Å²) in [5.41, 5.74) is 0. The first-order valence-corrected chi connectivity index (χ1v) is 35.5. The molecule has 0 fully saturated rings. The van der Waals surface area contributed by atoms with E-state index in [1.54, 1.807) is 0 Å². The van der Waals surface area contributed by atoms with Crippen LogP contribution in [-0.2, 0) is 67.0 Å². The molecule has 15 heteroatoms. The van der Waals surface area contributed by atoms with E-state index in [0.717, 1.165) is 0 Å². The topological polar surface area (TPSA) is 0 Å². The second kappa shape index (κ2) is 39.3. The molecule has 354 valence electrons. The summed E-state index contributed by atoms with van der Waals surface area (Å²) >= 11 is 53.5. The Bertz CT molecular complexity index is 1100. The third-order valence-electron chi connectivity index (χ3n) is 12.9. The largest absolute Gasteiger partial charge is 0.780 e. The molecule has 0 heterocycles. The van der Waals surface area contributed by atoms with E-state index in [-0.39, 0.29) is 16.5 Å². The van der Waals surface area contributed by atoms with E-state index in [4.69, 9.17) is 120 Å². The second-order valence-electron chi connectivity index (χ2n) is 14.1. The molecule has 0 saturated carbocycles. The Balaban J connectivity index is -0.000000198. The molecule has 0 aromatic heterocycles. The molecular formula is C44H82Cl6NiP4S4. The Morgan fingerprint density at radius 2 is 0.424 bits per heavy atom. The number of benzene rings is 2. The minimum Gasteiger partial charge on any atom is -0.780 e. The third kappa shape index (κ3) is 25.8. The fraction of sp³-hybridized carbons (Fsp3) is 0.727. The monoisotopic (exact) mass is 1130 g/mol. The second-order valence-corrected chi connectivity index (χ2v) is 38.9. The molecule has 0 aliphatic rings. The van der Waals surface area contributed by atoms with Crippen molar-refractivity contribution in [2.24, 2.45) is 0 Å². The van der Waals surface area contributed by atoms with E-state index in [1.807, 2.05) is 0 Å². The maximum atomic E-state index is 5.69. The predicted molar refractivity (Wildman–Crippen MR) is 302 cm³/mol. The van der Waals surface area contributed by atoms with Gasteiger partial charge < -0.3 is 50.5 Å². The predicted octanol–water partition coefficient (Wildman–Crippen LogP) is 19.2. The maximum absolute atomic E-state index is 5.69. The van der Waals surface area contributed by atoms with Crippen molar-refractivity contribution < 1.29 is 16.5 Å². The molecule has 0 unspecified atom stereocenters. The Kier molecular flexibility index (Phi) is 47.5. The third-order valence-corrected chi connectivity index (χ3v) is 38.9. The first-order valence-electron chi connectivity index (χ1n) is 21.5. The summed E-state index contributed by atoms with van der Waals surface area (Å²) in [7, 11) is -1.68. The van der Waals surface area contributed by atoms with Gasteiger partial charge in [-0.3, -0.25) is 0 Å². The molecule has 0 N–H and O–H groups in total. The zero-order valence-corrected chi connectivity index (χ0v) is 51.8. The van der Waals surface area contributed by atoms with Gasteiger partial charge >= 0.3 is 0 Å². The average molecular weight is 1130 g/mol. The molecule has 0 atom stereocenters. The normalized spacial score (nSPS) is 11.1. The summed E-state index contributed by atoms with van der Waals surface area (Å²) in [6.45, 7) is 37.6. The van der Waals surface area contributed by atoms with Gasteiger partial charge in [0.15, 0.2) is 0 Å². The van der Waals surface area contributed by atoms with Gasteiger partial charge in [0.2, 0.25) is 0 Å². The number of hydrogen-bond donors (Lipinski definition) is 0. The van der Waals surface area contributed by atoms with E-state index in [0.29, 0.717) is 49.7 Å². The molecule has 0 spiro atoms. The number of hydrogen-bond acceptors (Lipinski definition) is 4. The zero-order valence-electron chi connectivity index (χ0n) is 39.5. The minimum atomic E-state index is -0.420. The van der Waals surface area contributed by atoms with E-state index < -0.39 is 29.0 Å². The van der Waals surface area contributed by atoms with Gasteiger partial charge in [-0.15, -0.1) is 0 Å². The van der Waals surface area contributed by atoms with E-state index in [9.17, 15) is 0 Å². The van der Waals surface area contributed by atoms with Crippen LogP contribution in [0, 0.1) is 0 Å². The van der Waals surface area contributed by atoms with Gasteiger partial charge in [-0.05, 0) is 123 Å². The van der Waals surface area contributed by atoms with E-state index in [1.165, 1.54) is 111 Å². The van der Waals surface area contributed by atoms with Crippen LogP contribution in [0.3, 0.4) is 0 Å². The van der Waals surface area contributed by atoms with Crippen LogP contribution in [0.2, 0.25) is 30.1 Å². The first kappa shape index (κ1) is 71.3. The van der Waals surface area contributed by atoms with E-state index >= 15 is 0 Å². The van der Waals surface area contributed by atoms with Crippen molar-refractivity contribution in [1.29, 1.82) is 0 Å². The van der Waals surface area contributed by atoms with Crippen molar-refractivity contribution in [3.8, 4) is 0 Å². The van der Waals surface area contributed by atoms with Crippen LogP contribution < -0.4 is 0 Å². The van der Waals surface area contributed by atoms with Gasteiger partial charge in [0.25, 0.3) is 0 Å². The Morgan fingerprint density at radius 1 is 0.288 bits per heavy atom. The molecule has 2 aromatic carbocycles. The van der Waals surface area contributed by atoms with Crippen molar-refractivity contribution in [2.75, 3.05) is 98.6 Å². The standard InChI is InChI=1S/4C8H20P.2C6H3Cl3S2.Ni/c4*1-5-9(6-2,7-3)8-4;2*7-2-1-3(8)5(10)6(11)4(2)9;/h4*5-8H2,1-4H3;2*1,10-11H;/q4*+1;;;/p-4. The smallest absolute Gasteiger partial charge is 0.0590 e. The molecule has 0 radical (unpaired) electrons. The van der Waals surface area contributed by atoms with Crippen LogP contribution in [-0.4, -0.2) is 98.6 Å². The Hall–Kier alpha value is 3.27. The molecule has 0 nitrogen and oxygen atoms in total. The van der Waals surface area contributed by atoms with Crippen LogP contribution in [0.5, 0.6) is 0 Å². The van der Waals surface area contributed by atoms with Gasteiger partial charge in [-0.1, -0.05) is 69.6 Å². The summed E-state index contributed by atoms with van der Waals surface area (Å²) in [5.74, 6) is 0. The average Bonchev–Trinajstić information content (AvgIpc) is 3.26. The number of rotatable bonds is 16. The molecular weight excluding hydrogens is 1050 g/mol. The molecule has 59 heavy (non-hydrogen) atoms. The van der Waals surface area contributed by atoms with Gasteiger partial charge in [-0.2, -0.15) is 19.6 Å². The van der Waals surface area contributed by atoms with Crippen molar-refractivity contribution in [2.45, 2.75) is 130 Å². The quantitative estimate of drug-likeness (QED) is 0.0711. The van der Waals surface area contributed by atoms with Crippen LogP contribution in [0.25, 0.3) is 0 Å². The van der Waals surface area contributed by atoms with Gasteiger partial charge in [0, 0.05) is 65.6 Å². The summed E-state index contributed by atoms with van der Waals surface area (Å²) in [6, 6.07) is 2.98. The zero-order chi connectivity index (χ0) is 46.5. The summed E-state index contributed by atoms with van der Waals surface area (Å²) in [4.78, 5) is 1.46. The van der Waals surface area contributed by atoms with Crippen molar-refractivity contribution in [3.05, 3.63) is 42.3 Å². The molecule has 0 bridgehead atoms. The molecule has 2 rings (SSSR count). The van der Waals surface area contributed by atoms with Crippen molar-refractivity contribution in [3.63, 3.8) is 0 Å². The van der Waals surface area contributed by atoms with Crippen molar-refractivity contribution >= 4 is 149 Å². The molecule has 0 amide bonds. The number of halogens is 6. The fourth-order valence-electron chi connectivity index (χ4n) is 6.48. The Labute approximate surface area is 432 Å². The maximum Gasteiger partial charge on any atom is 0.0590 e.